The van der Waals surface area contributed by atoms with Gasteiger partial charge in [0.15, 0.2) is 17.1 Å². The number of hydrogen-bond donors (Lipinski definition) is 2. The lowest BCUT2D eigenvalue weighted by Gasteiger charge is -2.34. The van der Waals surface area contributed by atoms with Crippen LogP contribution in [0.4, 0.5) is 4.39 Å². The van der Waals surface area contributed by atoms with Gasteiger partial charge in [-0.05, 0) is 62.6 Å². The molecule has 2 atom stereocenters. The van der Waals surface area contributed by atoms with Gasteiger partial charge >= 0.3 is 17.9 Å². The Balaban J connectivity index is 0.000000531. The third-order valence-electron chi connectivity index (χ3n) is 6.61. The highest BCUT2D eigenvalue weighted by molar-refractivity contribution is 5.89. The molecule has 12 heteroatoms. The largest absolute Gasteiger partial charge is 0.493 e. The Morgan fingerprint density at radius 3 is 2.52 bits per heavy atom. The summed E-state index contributed by atoms with van der Waals surface area (Å²) in [6, 6.07) is 10.3. The van der Waals surface area contributed by atoms with Crippen molar-refractivity contribution in [2.45, 2.75) is 51.7 Å². The average Bonchev–Trinajstić information content (AvgIpc) is 3.37. The minimum Gasteiger partial charge on any atom is -0.493 e. The first kappa shape index (κ1) is 32.1. The molecular formula is C30H35FN2O9. The molecular weight excluding hydrogens is 551 g/mol. The molecule has 2 unspecified atom stereocenters. The van der Waals surface area contributed by atoms with Crippen molar-refractivity contribution in [2.24, 2.45) is 0 Å². The average molecular weight is 587 g/mol. The number of carboxylic acids is 2. The van der Waals surface area contributed by atoms with E-state index in [-0.39, 0.29) is 23.9 Å². The summed E-state index contributed by atoms with van der Waals surface area (Å²) in [5.41, 5.74) is 2.22. The standard InChI is InChI=1S/C26H31FN2O5.C4H4O4/c1-17(33-18(2)30)19-8-11-23(25(15-19)31-3)32-14-6-13-29-12-5-4-7-22(29)26-21-10-9-20(27)16-24(21)34-28-26;5-3(6)1-2-4(7)8/h8-11,15-17,22H,4-7,12-14H2,1-3H3;1-2H,(H,5,6)(H,7,8)/b;2-1+. The number of hydrogen-bond acceptors (Lipinski definition) is 9. The van der Waals surface area contributed by atoms with E-state index >= 15 is 0 Å². The van der Waals surface area contributed by atoms with Crippen LogP contribution in [-0.2, 0) is 19.1 Å². The number of carbonyl (C=O) groups is 3. The number of esters is 1. The Labute approximate surface area is 242 Å². The lowest BCUT2D eigenvalue weighted by Crippen LogP contribution is -2.35. The number of ether oxygens (including phenoxy) is 3. The molecule has 11 nitrogen and oxygen atoms in total. The van der Waals surface area contributed by atoms with Crippen LogP contribution in [0.2, 0.25) is 0 Å². The Hall–Kier alpha value is -4.45. The number of methoxy groups -OCH3 is 1. The van der Waals surface area contributed by atoms with Crippen molar-refractivity contribution in [2.75, 3.05) is 26.8 Å². The van der Waals surface area contributed by atoms with E-state index in [0.717, 1.165) is 55.4 Å². The Morgan fingerprint density at radius 1 is 1.12 bits per heavy atom. The lowest BCUT2D eigenvalue weighted by atomic mass is 9.97. The van der Waals surface area contributed by atoms with Gasteiger partial charge in [0.05, 0.1) is 19.8 Å². The topological polar surface area (TPSA) is 149 Å². The van der Waals surface area contributed by atoms with Crippen LogP contribution in [0.5, 0.6) is 11.5 Å². The number of fused-ring (bicyclic) bond motifs is 1. The second kappa shape index (κ2) is 15.5. The zero-order valence-electron chi connectivity index (χ0n) is 23.7. The van der Waals surface area contributed by atoms with Crippen LogP contribution in [0.1, 0.15) is 62.9 Å². The van der Waals surface area contributed by atoms with Crippen LogP contribution >= 0.6 is 0 Å². The van der Waals surface area contributed by atoms with Gasteiger partial charge < -0.3 is 28.9 Å². The molecule has 226 valence electrons. The maximum atomic E-state index is 13.5. The van der Waals surface area contributed by atoms with Crippen molar-refractivity contribution in [3.05, 3.63) is 65.6 Å². The highest BCUT2D eigenvalue weighted by Gasteiger charge is 2.28. The van der Waals surface area contributed by atoms with E-state index in [4.69, 9.17) is 28.9 Å². The van der Waals surface area contributed by atoms with E-state index in [1.165, 1.54) is 19.1 Å². The van der Waals surface area contributed by atoms with E-state index in [1.54, 1.807) is 13.2 Å². The minimum atomic E-state index is -1.26. The number of rotatable bonds is 11. The van der Waals surface area contributed by atoms with Crippen LogP contribution in [0.15, 0.2) is 53.1 Å². The second-order valence-corrected chi connectivity index (χ2v) is 9.63. The molecule has 0 radical (unpaired) electrons. The molecule has 1 aromatic heterocycles. The molecule has 0 bridgehead atoms. The summed E-state index contributed by atoms with van der Waals surface area (Å²) in [6.07, 6.45) is 4.84. The summed E-state index contributed by atoms with van der Waals surface area (Å²) in [6.45, 7) is 5.57. The summed E-state index contributed by atoms with van der Waals surface area (Å²) in [5.74, 6) is -1.90. The predicted molar refractivity (Wildman–Crippen MR) is 150 cm³/mol. The van der Waals surface area contributed by atoms with Gasteiger partial charge in [0.25, 0.3) is 0 Å². The van der Waals surface area contributed by atoms with E-state index in [0.29, 0.717) is 35.8 Å². The Morgan fingerprint density at radius 2 is 1.86 bits per heavy atom. The van der Waals surface area contributed by atoms with E-state index in [2.05, 4.69) is 10.1 Å². The first-order chi connectivity index (χ1) is 20.1. The van der Waals surface area contributed by atoms with Gasteiger partial charge in [-0.1, -0.05) is 17.6 Å². The number of benzene rings is 2. The van der Waals surface area contributed by atoms with Gasteiger partial charge in [0.1, 0.15) is 17.6 Å². The number of nitrogens with zero attached hydrogens (tertiary/aromatic N) is 2. The summed E-state index contributed by atoms with van der Waals surface area (Å²) < 4.78 is 35.7. The molecule has 1 aliphatic rings. The molecule has 2 aromatic carbocycles. The van der Waals surface area contributed by atoms with Gasteiger partial charge in [0, 0.05) is 37.1 Å². The molecule has 0 amide bonds. The molecule has 2 N–H and O–H groups in total. The molecule has 42 heavy (non-hydrogen) atoms. The molecule has 0 aliphatic carbocycles. The van der Waals surface area contributed by atoms with E-state index in [1.807, 2.05) is 25.1 Å². The van der Waals surface area contributed by atoms with Crippen molar-refractivity contribution >= 4 is 28.9 Å². The van der Waals surface area contributed by atoms with Crippen LogP contribution in [0.25, 0.3) is 11.0 Å². The molecule has 0 saturated carbocycles. The van der Waals surface area contributed by atoms with Crippen molar-refractivity contribution in [1.82, 2.24) is 10.1 Å². The number of carboxylic acid groups (broad SMARTS) is 2. The Kier molecular flexibility index (Phi) is 11.9. The van der Waals surface area contributed by atoms with Crippen LogP contribution in [0.3, 0.4) is 0 Å². The number of carbonyl (C=O) groups excluding carboxylic acids is 1. The number of piperidine rings is 1. The molecule has 3 aromatic rings. The SMILES string of the molecule is COc1cc(C(C)OC(C)=O)ccc1OCCCN1CCCCC1c1noc2cc(F)ccc12.O=C(O)/C=C/C(=O)O. The van der Waals surface area contributed by atoms with Gasteiger partial charge in [-0.2, -0.15) is 0 Å². The maximum Gasteiger partial charge on any atom is 0.328 e. The first-order valence-electron chi connectivity index (χ1n) is 13.5. The third kappa shape index (κ3) is 9.30. The lowest BCUT2D eigenvalue weighted by molar-refractivity contribution is -0.145. The highest BCUT2D eigenvalue weighted by atomic mass is 19.1. The van der Waals surface area contributed by atoms with E-state index in [9.17, 15) is 18.8 Å². The molecule has 0 spiro atoms. The van der Waals surface area contributed by atoms with Gasteiger partial charge in [-0.3, -0.25) is 9.69 Å². The quantitative estimate of drug-likeness (QED) is 0.171. The Bertz CT molecular complexity index is 1390. The number of halogens is 1. The fourth-order valence-corrected chi connectivity index (χ4v) is 4.71. The summed E-state index contributed by atoms with van der Waals surface area (Å²) in [7, 11) is 1.59. The summed E-state index contributed by atoms with van der Waals surface area (Å²) in [4.78, 5) is 32.7. The normalized spacial score (nSPS) is 16.0. The van der Waals surface area contributed by atoms with E-state index < -0.39 is 11.9 Å². The maximum absolute atomic E-state index is 13.5. The van der Waals surface area contributed by atoms with Crippen molar-refractivity contribution in [1.29, 1.82) is 0 Å². The van der Waals surface area contributed by atoms with Crippen molar-refractivity contribution in [3.8, 4) is 11.5 Å². The second-order valence-electron chi connectivity index (χ2n) is 9.63. The molecule has 1 fully saturated rings. The van der Waals surface area contributed by atoms with Gasteiger partial charge in [-0.25, -0.2) is 14.0 Å². The zero-order valence-corrected chi connectivity index (χ0v) is 23.7. The fourth-order valence-electron chi connectivity index (χ4n) is 4.71. The first-order valence-corrected chi connectivity index (χ1v) is 13.5. The van der Waals surface area contributed by atoms with Crippen LogP contribution in [-0.4, -0.2) is 65.0 Å². The molecule has 4 rings (SSSR count). The number of aromatic nitrogens is 1. The van der Waals surface area contributed by atoms with Gasteiger partial charge in [0.2, 0.25) is 0 Å². The van der Waals surface area contributed by atoms with Crippen molar-refractivity contribution in [3.63, 3.8) is 0 Å². The third-order valence-corrected chi connectivity index (χ3v) is 6.61. The monoisotopic (exact) mass is 586 g/mol. The molecule has 1 aliphatic heterocycles. The summed E-state index contributed by atoms with van der Waals surface area (Å²) >= 11 is 0. The smallest absolute Gasteiger partial charge is 0.328 e. The number of aliphatic carboxylic acids is 2. The molecule has 2 heterocycles. The predicted octanol–water partition coefficient (Wildman–Crippen LogP) is 5.31. The van der Waals surface area contributed by atoms with Crippen molar-refractivity contribution < 1.29 is 47.7 Å². The minimum absolute atomic E-state index is 0.150. The van der Waals surface area contributed by atoms with Crippen LogP contribution < -0.4 is 9.47 Å². The number of likely N-dealkylation sites (tertiary alicyclic amines) is 1. The highest BCUT2D eigenvalue weighted by Crippen LogP contribution is 2.35. The van der Waals surface area contributed by atoms with Crippen LogP contribution in [0, 0.1) is 5.82 Å². The van der Waals surface area contributed by atoms with Gasteiger partial charge in [-0.15, -0.1) is 0 Å². The fraction of sp³-hybridized carbons (Fsp3) is 0.400. The molecule has 1 saturated heterocycles. The zero-order chi connectivity index (χ0) is 30.6. The summed E-state index contributed by atoms with van der Waals surface area (Å²) in [5, 5.41) is 20.8.